The zero-order valence-electron chi connectivity index (χ0n) is 9.67. The molecule has 0 aliphatic carbocycles. The molecule has 0 saturated heterocycles. The Labute approximate surface area is 123 Å². The van der Waals surface area contributed by atoms with Crippen LogP contribution in [0.15, 0.2) is 69.9 Å². The maximum Gasteiger partial charge on any atom is 0.193 e. The molecular weight excluding hydrogens is 327 g/mol. The van der Waals surface area contributed by atoms with Crippen molar-refractivity contribution in [3.8, 4) is 11.3 Å². The minimum absolute atomic E-state index is 0. The van der Waals surface area contributed by atoms with Crippen molar-refractivity contribution >= 4 is 36.8 Å². The molecule has 0 bridgehead atoms. The summed E-state index contributed by atoms with van der Waals surface area (Å²) < 4.78 is 5.73. The van der Waals surface area contributed by atoms with E-state index in [1.54, 1.807) is 6.07 Å². The standard InChI is InChI=1S/C15H10O2.In/c16-13-10-15(11-6-2-1-3-7-11)17-14-9-5-4-8-12(13)14;/h1-10H;. The molecule has 18 heavy (non-hydrogen) atoms. The van der Waals surface area contributed by atoms with Crippen LogP contribution in [-0.4, -0.2) is 25.8 Å². The van der Waals surface area contributed by atoms with E-state index in [1.807, 2.05) is 48.5 Å². The second-order valence-electron chi connectivity index (χ2n) is 3.84. The maximum absolute atomic E-state index is 11.9. The number of fused-ring (bicyclic) bond motifs is 1. The summed E-state index contributed by atoms with van der Waals surface area (Å²) in [5, 5.41) is 0.618. The fraction of sp³-hybridized carbons (Fsp3) is 0. The molecule has 2 nitrogen and oxygen atoms in total. The summed E-state index contributed by atoms with van der Waals surface area (Å²) in [6, 6.07) is 18.4. The normalized spacial score (nSPS) is 10.0. The smallest absolute Gasteiger partial charge is 0.193 e. The van der Waals surface area contributed by atoms with E-state index in [4.69, 9.17) is 4.42 Å². The van der Waals surface area contributed by atoms with Gasteiger partial charge in [0, 0.05) is 37.5 Å². The SMILES string of the molecule is O=c1cc(-c2ccccc2)oc2ccccc12.[In]. The average molecular weight is 337 g/mol. The predicted octanol–water partition coefficient (Wildman–Crippen LogP) is 3.08. The molecule has 0 unspecified atom stereocenters. The Hall–Kier alpha value is -1.48. The molecular formula is C15H10InO2. The number of rotatable bonds is 1. The van der Waals surface area contributed by atoms with Crippen LogP contribution in [0.4, 0.5) is 0 Å². The molecule has 0 aliphatic heterocycles. The first kappa shape index (κ1) is 13.0. The molecule has 2 aromatic carbocycles. The van der Waals surface area contributed by atoms with Gasteiger partial charge < -0.3 is 4.42 Å². The van der Waals surface area contributed by atoms with Crippen LogP contribution in [0.5, 0.6) is 0 Å². The Kier molecular flexibility index (Phi) is 3.92. The number of hydrogen-bond acceptors (Lipinski definition) is 2. The van der Waals surface area contributed by atoms with Crippen molar-refractivity contribution in [1.82, 2.24) is 0 Å². The second kappa shape index (κ2) is 5.44. The van der Waals surface area contributed by atoms with Crippen molar-refractivity contribution in [3.05, 3.63) is 70.9 Å². The first-order valence-corrected chi connectivity index (χ1v) is 5.43. The van der Waals surface area contributed by atoms with E-state index in [0.29, 0.717) is 16.7 Å². The monoisotopic (exact) mass is 337 g/mol. The van der Waals surface area contributed by atoms with Gasteiger partial charge >= 0.3 is 0 Å². The van der Waals surface area contributed by atoms with Crippen molar-refractivity contribution in [2.75, 3.05) is 0 Å². The largest absolute Gasteiger partial charge is 0.456 e. The van der Waals surface area contributed by atoms with Gasteiger partial charge in [0.1, 0.15) is 11.3 Å². The van der Waals surface area contributed by atoms with Gasteiger partial charge in [-0.05, 0) is 12.1 Å². The van der Waals surface area contributed by atoms with Gasteiger partial charge in [0.05, 0.1) is 5.39 Å². The minimum atomic E-state index is -0.00861. The summed E-state index contributed by atoms with van der Waals surface area (Å²) in [5.74, 6) is 0.606. The molecule has 3 heteroatoms. The van der Waals surface area contributed by atoms with Gasteiger partial charge in [-0.15, -0.1) is 0 Å². The van der Waals surface area contributed by atoms with Crippen molar-refractivity contribution in [1.29, 1.82) is 0 Å². The van der Waals surface area contributed by atoms with Crippen molar-refractivity contribution in [3.63, 3.8) is 0 Å². The predicted molar refractivity (Wildman–Crippen MR) is 73.7 cm³/mol. The van der Waals surface area contributed by atoms with Crippen molar-refractivity contribution in [2.45, 2.75) is 0 Å². The van der Waals surface area contributed by atoms with Crippen LogP contribution < -0.4 is 5.43 Å². The third kappa shape index (κ3) is 2.36. The maximum atomic E-state index is 11.9. The van der Waals surface area contributed by atoms with Crippen LogP contribution in [0.3, 0.4) is 0 Å². The van der Waals surface area contributed by atoms with E-state index in [9.17, 15) is 4.79 Å². The van der Waals surface area contributed by atoms with E-state index < -0.39 is 0 Å². The number of para-hydroxylation sites is 1. The number of hydrogen-bond donors (Lipinski definition) is 0. The molecule has 0 fully saturated rings. The first-order chi connectivity index (χ1) is 8.34. The van der Waals surface area contributed by atoms with E-state index in [0.717, 1.165) is 5.56 Å². The van der Waals surface area contributed by atoms with Crippen LogP contribution in [-0.2, 0) is 0 Å². The Morgan fingerprint density at radius 1 is 0.833 bits per heavy atom. The Morgan fingerprint density at radius 3 is 2.28 bits per heavy atom. The van der Waals surface area contributed by atoms with Gasteiger partial charge in [-0.3, -0.25) is 4.79 Å². The Balaban J connectivity index is 0.00000120. The van der Waals surface area contributed by atoms with Gasteiger partial charge in [0.15, 0.2) is 5.43 Å². The summed E-state index contributed by atoms with van der Waals surface area (Å²) in [7, 11) is 0. The van der Waals surface area contributed by atoms with Crippen LogP contribution in [0.1, 0.15) is 0 Å². The minimum Gasteiger partial charge on any atom is -0.456 e. The van der Waals surface area contributed by atoms with Gasteiger partial charge in [0.2, 0.25) is 0 Å². The molecule has 0 spiro atoms. The van der Waals surface area contributed by atoms with E-state index >= 15 is 0 Å². The molecule has 0 saturated carbocycles. The zero-order valence-corrected chi connectivity index (χ0v) is 13.0. The van der Waals surface area contributed by atoms with Crippen molar-refractivity contribution in [2.24, 2.45) is 0 Å². The third-order valence-corrected chi connectivity index (χ3v) is 2.69. The molecule has 3 radical (unpaired) electrons. The van der Waals surface area contributed by atoms with E-state index in [1.165, 1.54) is 6.07 Å². The Bertz CT molecular complexity index is 717. The van der Waals surface area contributed by atoms with Gasteiger partial charge in [0.25, 0.3) is 0 Å². The molecule has 0 N–H and O–H groups in total. The van der Waals surface area contributed by atoms with Crippen LogP contribution in [0, 0.1) is 0 Å². The molecule has 0 atom stereocenters. The summed E-state index contributed by atoms with van der Waals surface area (Å²) >= 11 is 0. The van der Waals surface area contributed by atoms with Crippen molar-refractivity contribution < 1.29 is 4.42 Å². The van der Waals surface area contributed by atoms with E-state index in [2.05, 4.69) is 0 Å². The topological polar surface area (TPSA) is 30.2 Å². The van der Waals surface area contributed by atoms with Crippen LogP contribution in [0.25, 0.3) is 22.3 Å². The fourth-order valence-electron chi connectivity index (χ4n) is 1.85. The molecule has 1 aromatic heterocycles. The summed E-state index contributed by atoms with van der Waals surface area (Å²) in [5.41, 5.74) is 1.53. The second-order valence-corrected chi connectivity index (χ2v) is 3.84. The first-order valence-electron chi connectivity index (χ1n) is 5.43. The third-order valence-electron chi connectivity index (χ3n) is 2.69. The molecule has 85 valence electrons. The van der Waals surface area contributed by atoms with Crippen LogP contribution >= 0.6 is 0 Å². The molecule has 3 aromatic rings. The summed E-state index contributed by atoms with van der Waals surface area (Å²) in [6.45, 7) is 0. The molecule has 1 heterocycles. The average Bonchev–Trinajstić information content (AvgIpc) is 2.40. The summed E-state index contributed by atoms with van der Waals surface area (Å²) in [6.07, 6.45) is 0. The molecule has 0 amide bonds. The van der Waals surface area contributed by atoms with Gasteiger partial charge in [-0.2, -0.15) is 0 Å². The Morgan fingerprint density at radius 2 is 1.50 bits per heavy atom. The number of benzene rings is 2. The molecule has 0 aliphatic rings. The van der Waals surface area contributed by atoms with Gasteiger partial charge in [-0.25, -0.2) is 0 Å². The van der Waals surface area contributed by atoms with Gasteiger partial charge in [-0.1, -0.05) is 42.5 Å². The summed E-state index contributed by atoms with van der Waals surface area (Å²) in [4.78, 5) is 11.9. The van der Waals surface area contributed by atoms with E-state index in [-0.39, 0.29) is 31.3 Å². The quantitative estimate of drug-likeness (QED) is 0.683. The van der Waals surface area contributed by atoms with Crippen LogP contribution in [0.2, 0.25) is 0 Å². The fourth-order valence-corrected chi connectivity index (χ4v) is 1.85. The molecule has 3 rings (SSSR count). The zero-order chi connectivity index (χ0) is 11.7.